The maximum absolute atomic E-state index is 6.27. The first-order valence-electron chi connectivity index (χ1n) is 18.4. The Morgan fingerprint density at radius 3 is 1.76 bits per heavy atom. The molecule has 11 rings (SSSR count). The molecule has 0 aliphatic carbocycles. The lowest BCUT2D eigenvalue weighted by atomic mass is 9.84. The first-order valence-corrected chi connectivity index (χ1v) is 20.0. The van der Waals surface area contributed by atoms with E-state index in [-0.39, 0.29) is 5.92 Å². The summed E-state index contributed by atoms with van der Waals surface area (Å²) in [6.45, 7) is 0. The summed E-state index contributed by atoms with van der Waals surface area (Å²) in [6, 6.07) is 66.4. The fraction of sp³-hybridized carbons (Fsp3) is 0.0400. The van der Waals surface area contributed by atoms with Crippen molar-refractivity contribution < 1.29 is 4.42 Å². The van der Waals surface area contributed by atoms with Crippen molar-refractivity contribution in [3.8, 4) is 0 Å². The van der Waals surface area contributed by atoms with E-state index in [1.165, 1.54) is 62.4 Å². The molecule has 8 aromatic carbocycles. The summed E-state index contributed by atoms with van der Waals surface area (Å²) in [5, 5.41) is 7.62. The monoisotopic (exact) mass is 727 g/mol. The maximum atomic E-state index is 6.27. The van der Waals surface area contributed by atoms with Crippen molar-refractivity contribution in [2.24, 2.45) is 0 Å². The predicted octanol–water partition coefficient (Wildman–Crippen LogP) is 15.2. The van der Waals surface area contributed by atoms with Crippen LogP contribution in [0.5, 0.6) is 0 Å². The van der Waals surface area contributed by atoms with Gasteiger partial charge in [-0.15, -0.1) is 22.7 Å². The zero-order chi connectivity index (χ0) is 35.6. The topological polar surface area (TPSA) is 16.4 Å². The summed E-state index contributed by atoms with van der Waals surface area (Å²) in [4.78, 5) is 2.34. The molecule has 256 valence electrons. The van der Waals surface area contributed by atoms with Crippen LogP contribution < -0.4 is 4.90 Å². The van der Waals surface area contributed by atoms with E-state index >= 15 is 0 Å². The van der Waals surface area contributed by atoms with Crippen LogP contribution in [0.3, 0.4) is 0 Å². The number of fused-ring (bicyclic) bond motifs is 9. The molecule has 11 aromatic rings. The van der Waals surface area contributed by atoms with E-state index in [1.54, 1.807) is 0 Å². The number of para-hydroxylation sites is 3. The third-order valence-electron chi connectivity index (χ3n) is 10.9. The van der Waals surface area contributed by atoms with Gasteiger partial charge in [0.05, 0.1) is 0 Å². The molecule has 1 atom stereocenters. The Labute approximate surface area is 320 Å². The molecule has 0 N–H and O–H groups in total. The standard InChI is InChI=1S/C50H33NOS2/c1-3-11-35(12-4-1)51(36-13-5-2-6-14-36)37-22-23-40-44-30-34(21-26-49(44)54-50(40)31-37)41(33-20-24-46-42(29-33)38-15-7-9-17-45(38)52-46)27-32-19-25-48-43(28-32)39-16-8-10-18-47(39)53-48/h1-26,28-31,41H,27H2. The van der Waals surface area contributed by atoms with E-state index in [2.05, 4.69) is 181 Å². The molecular formula is C50H33NOS2. The van der Waals surface area contributed by atoms with E-state index in [9.17, 15) is 0 Å². The van der Waals surface area contributed by atoms with Crippen molar-refractivity contribution in [1.29, 1.82) is 0 Å². The molecular weight excluding hydrogens is 695 g/mol. The van der Waals surface area contributed by atoms with E-state index < -0.39 is 0 Å². The fourth-order valence-corrected chi connectivity index (χ4v) is 10.5. The molecule has 0 bridgehead atoms. The van der Waals surface area contributed by atoms with Crippen molar-refractivity contribution in [3.63, 3.8) is 0 Å². The van der Waals surface area contributed by atoms with Crippen LogP contribution in [-0.4, -0.2) is 0 Å². The fourth-order valence-electron chi connectivity index (χ4n) is 8.27. The lowest BCUT2D eigenvalue weighted by molar-refractivity contribution is 0.668. The van der Waals surface area contributed by atoms with Crippen LogP contribution in [0.25, 0.3) is 62.3 Å². The number of furan rings is 1. The third kappa shape index (κ3) is 5.29. The number of anilines is 3. The number of hydrogen-bond donors (Lipinski definition) is 0. The summed E-state index contributed by atoms with van der Waals surface area (Å²) < 4.78 is 11.5. The van der Waals surface area contributed by atoms with E-state index in [0.717, 1.165) is 40.0 Å². The zero-order valence-electron chi connectivity index (χ0n) is 29.3. The second-order valence-electron chi connectivity index (χ2n) is 14.1. The van der Waals surface area contributed by atoms with Crippen LogP contribution in [0.1, 0.15) is 22.6 Å². The SMILES string of the molecule is c1ccc(N(c2ccccc2)c2ccc3c(c2)sc2ccc(C(Cc4ccc5sc6ccccc6c5c4)c4ccc5oc6ccccc6c5c4)cc23)cc1. The van der Waals surface area contributed by atoms with Gasteiger partial charge in [0.2, 0.25) is 0 Å². The van der Waals surface area contributed by atoms with E-state index in [4.69, 9.17) is 4.42 Å². The molecule has 54 heavy (non-hydrogen) atoms. The molecule has 0 amide bonds. The van der Waals surface area contributed by atoms with Crippen molar-refractivity contribution in [2.45, 2.75) is 12.3 Å². The third-order valence-corrected chi connectivity index (χ3v) is 13.1. The number of thiophene rings is 2. The zero-order valence-corrected chi connectivity index (χ0v) is 30.9. The van der Waals surface area contributed by atoms with Crippen LogP contribution in [0, 0.1) is 0 Å². The minimum absolute atomic E-state index is 0.149. The van der Waals surface area contributed by atoms with Gasteiger partial charge in [0.15, 0.2) is 0 Å². The van der Waals surface area contributed by atoms with Crippen molar-refractivity contribution >= 4 is 102 Å². The molecule has 0 aliphatic heterocycles. The lowest BCUT2D eigenvalue weighted by Crippen LogP contribution is -2.09. The molecule has 0 radical (unpaired) electrons. The molecule has 1 unspecified atom stereocenters. The summed E-state index contributed by atoms with van der Waals surface area (Å²) in [5.74, 6) is 0.149. The molecule has 2 nitrogen and oxygen atoms in total. The highest BCUT2D eigenvalue weighted by molar-refractivity contribution is 7.26. The maximum Gasteiger partial charge on any atom is 0.135 e. The van der Waals surface area contributed by atoms with Gasteiger partial charge in [-0.2, -0.15) is 0 Å². The van der Waals surface area contributed by atoms with E-state index in [0.29, 0.717) is 0 Å². The highest BCUT2D eigenvalue weighted by Gasteiger charge is 2.21. The Kier molecular flexibility index (Phi) is 7.39. The number of hydrogen-bond acceptors (Lipinski definition) is 4. The highest BCUT2D eigenvalue weighted by Crippen LogP contribution is 2.43. The molecule has 3 heterocycles. The van der Waals surface area contributed by atoms with Gasteiger partial charge in [-0.3, -0.25) is 0 Å². The normalized spacial score (nSPS) is 12.4. The second-order valence-corrected chi connectivity index (χ2v) is 16.3. The Morgan fingerprint density at radius 2 is 0.963 bits per heavy atom. The molecule has 0 fully saturated rings. The van der Waals surface area contributed by atoms with Gasteiger partial charge in [-0.25, -0.2) is 0 Å². The second kappa shape index (κ2) is 12.7. The molecule has 4 heteroatoms. The van der Waals surface area contributed by atoms with Gasteiger partial charge in [0, 0.05) is 74.1 Å². The van der Waals surface area contributed by atoms with Crippen LogP contribution in [0.15, 0.2) is 186 Å². The Morgan fingerprint density at radius 1 is 0.389 bits per heavy atom. The van der Waals surface area contributed by atoms with Crippen LogP contribution in [0.4, 0.5) is 17.1 Å². The van der Waals surface area contributed by atoms with Crippen molar-refractivity contribution in [3.05, 3.63) is 199 Å². The number of nitrogens with zero attached hydrogens (tertiary/aromatic N) is 1. The largest absolute Gasteiger partial charge is 0.456 e. The summed E-state index contributed by atoms with van der Waals surface area (Å²) >= 11 is 3.75. The minimum Gasteiger partial charge on any atom is -0.456 e. The van der Waals surface area contributed by atoms with Gasteiger partial charge >= 0.3 is 0 Å². The smallest absolute Gasteiger partial charge is 0.135 e. The molecule has 0 saturated carbocycles. The number of rotatable bonds is 7. The van der Waals surface area contributed by atoms with Gasteiger partial charge in [0.1, 0.15) is 11.2 Å². The highest BCUT2D eigenvalue weighted by atomic mass is 32.1. The van der Waals surface area contributed by atoms with Gasteiger partial charge in [0.25, 0.3) is 0 Å². The first kappa shape index (κ1) is 31.3. The van der Waals surface area contributed by atoms with Crippen LogP contribution in [-0.2, 0) is 6.42 Å². The molecule has 3 aromatic heterocycles. The average molecular weight is 728 g/mol. The van der Waals surface area contributed by atoms with Crippen LogP contribution in [0.2, 0.25) is 0 Å². The first-order chi connectivity index (χ1) is 26.7. The Hall–Kier alpha value is -6.20. The van der Waals surface area contributed by atoms with E-state index in [1.807, 2.05) is 28.7 Å². The molecule has 0 saturated heterocycles. The van der Waals surface area contributed by atoms with Crippen molar-refractivity contribution in [2.75, 3.05) is 4.90 Å². The minimum atomic E-state index is 0.149. The summed E-state index contributed by atoms with van der Waals surface area (Å²) in [7, 11) is 0. The Balaban J connectivity index is 1.05. The Bertz CT molecular complexity index is 3110. The average Bonchev–Trinajstić information content (AvgIpc) is 3.91. The molecule has 0 aliphatic rings. The summed E-state index contributed by atoms with van der Waals surface area (Å²) in [5.41, 5.74) is 9.27. The van der Waals surface area contributed by atoms with Gasteiger partial charge in [-0.05, 0) is 108 Å². The van der Waals surface area contributed by atoms with Gasteiger partial charge in [-0.1, -0.05) is 97.1 Å². The van der Waals surface area contributed by atoms with Crippen LogP contribution >= 0.6 is 22.7 Å². The quantitative estimate of drug-likeness (QED) is 0.163. The van der Waals surface area contributed by atoms with Gasteiger partial charge < -0.3 is 9.32 Å². The molecule has 0 spiro atoms. The van der Waals surface area contributed by atoms with Crippen molar-refractivity contribution in [1.82, 2.24) is 0 Å². The predicted molar refractivity (Wildman–Crippen MR) is 233 cm³/mol. The summed E-state index contributed by atoms with van der Waals surface area (Å²) in [6.07, 6.45) is 0.891. The number of benzene rings is 8. The lowest BCUT2D eigenvalue weighted by Gasteiger charge is -2.25.